The number of benzene rings is 1. The Kier molecular flexibility index (Phi) is 4.88. The lowest BCUT2D eigenvalue weighted by Gasteiger charge is -2.21. The lowest BCUT2D eigenvalue weighted by Crippen LogP contribution is -2.40. The molecule has 5 nitrogen and oxygen atoms in total. The Morgan fingerprint density at radius 3 is 2.71 bits per heavy atom. The fourth-order valence-electron chi connectivity index (χ4n) is 2.39. The monoisotopic (exact) mass is 353 g/mol. The molecule has 1 aliphatic rings. The van der Waals surface area contributed by atoms with Gasteiger partial charge in [-0.3, -0.25) is 4.79 Å². The van der Waals surface area contributed by atoms with E-state index in [0.29, 0.717) is 18.7 Å². The fraction of sp³-hybridized carbons (Fsp3) is 0.467. The molecule has 0 saturated carbocycles. The van der Waals surface area contributed by atoms with Gasteiger partial charge in [0, 0.05) is 23.5 Å². The number of hydrogen-bond donors (Lipinski definition) is 2. The normalized spacial score (nSPS) is 18.2. The smallest absolute Gasteiger partial charge is 0.319 e. The average molecular weight is 354 g/mol. The predicted molar refractivity (Wildman–Crippen MR) is 86.3 cm³/mol. The van der Waals surface area contributed by atoms with Gasteiger partial charge in [-0.05, 0) is 54.4 Å². The number of urea groups is 1. The second-order valence-corrected chi connectivity index (χ2v) is 6.48. The van der Waals surface area contributed by atoms with Crippen molar-refractivity contribution in [1.82, 2.24) is 10.2 Å². The van der Waals surface area contributed by atoms with Crippen LogP contribution in [0.25, 0.3) is 0 Å². The van der Waals surface area contributed by atoms with E-state index in [2.05, 4.69) is 26.6 Å². The van der Waals surface area contributed by atoms with E-state index in [1.165, 1.54) is 0 Å². The molecule has 6 heteroatoms. The van der Waals surface area contributed by atoms with Gasteiger partial charge >= 0.3 is 6.03 Å². The largest absolute Gasteiger partial charge is 0.338 e. The van der Waals surface area contributed by atoms with Crippen LogP contribution in [-0.2, 0) is 4.79 Å². The number of amides is 3. The molecule has 1 aromatic carbocycles. The average Bonchev–Trinajstić information content (AvgIpc) is 2.74. The number of nitrogens with one attached hydrogen (secondary N) is 2. The van der Waals surface area contributed by atoms with Gasteiger partial charge in [0.1, 0.15) is 0 Å². The Labute approximate surface area is 133 Å². The third kappa shape index (κ3) is 3.97. The number of anilines is 1. The second kappa shape index (κ2) is 6.47. The molecule has 0 radical (unpaired) electrons. The molecule has 0 spiro atoms. The summed E-state index contributed by atoms with van der Waals surface area (Å²) in [7, 11) is 0. The molecule has 1 atom stereocenters. The van der Waals surface area contributed by atoms with Crippen molar-refractivity contribution in [3.05, 3.63) is 28.2 Å². The van der Waals surface area contributed by atoms with E-state index in [-0.39, 0.29) is 24.0 Å². The van der Waals surface area contributed by atoms with Crippen molar-refractivity contribution >= 4 is 33.6 Å². The summed E-state index contributed by atoms with van der Waals surface area (Å²) in [6.07, 6.45) is 0.362. The van der Waals surface area contributed by atoms with Crippen molar-refractivity contribution in [3.63, 3.8) is 0 Å². The van der Waals surface area contributed by atoms with Crippen LogP contribution in [0.15, 0.2) is 22.7 Å². The van der Waals surface area contributed by atoms with Crippen LogP contribution in [0.5, 0.6) is 0 Å². The molecule has 3 amide bonds. The van der Waals surface area contributed by atoms with E-state index in [1.807, 2.05) is 39.0 Å². The lowest BCUT2D eigenvalue weighted by molar-refractivity contribution is -0.129. The zero-order chi connectivity index (χ0) is 15.6. The van der Waals surface area contributed by atoms with Crippen LogP contribution in [0.2, 0.25) is 0 Å². The van der Waals surface area contributed by atoms with Crippen LogP contribution in [0, 0.1) is 6.92 Å². The van der Waals surface area contributed by atoms with Crippen molar-refractivity contribution in [2.45, 2.75) is 39.3 Å². The molecule has 1 aliphatic heterocycles. The highest BCUT2D eigenvalue weighted by Crippen LogP contribution is 2.23. The first-order chi connectivity index (χ1) is 9.86. The van der Waals surface area contributed by atoms with Crippen LogP contribution < -0.4 is 10.6 Å². The van der Waals surface area contributed by atoms with E-state index >= 15 is 0 Å². The lowest BCUT2D eigenvalue weighted by atomic mass is 10.2. The van der Waals surface area contributed by atoms with E-state index in [9.17, 15) is 9.59 Å². The quantitative estimate of drug-likeness (QED) is 0.877. The summed E-state index contributed by atoms with van der Waals surface area (Å²) < 4.78 is 0.837. The minimum atomic E-state index is -0.289. The highest BCUT2D eigenvalue weighted by Gasteiger charge is 2.31. The number of likely N-dealkylation sites (tertiary alicyclic amines) is 1. The van der Waals surface area contributed by atoms with Gasteiger partial charge in [-0.15, -0.1) is 0 Å². The zero-order valence-electron chi connectivity index (χ0n) is 12.4. The molecule has 114 valence electrons. The van der Waals surface area contributed by atoms with Crippen molar-refractivity contribution in [3.8, 4) is 0 Å². The van der Waals surface area contributed by atoms with Crippen LogP contribution in [0.3, 0.4) is 0 Å². The van der Waals surface area contributed by atoms with Gasteiger partial charge < -0.3 is 15.5 Å². The minimum Gasteiger partial charge on any atom is -0.338 e. The Bertz CT molecular complexity index is 560. The standard InChI is InChI=1S/C15H20BrN3O2/c1-9(2)19-8-11(7-14(19)20)17-15(21)18-13-5-4-10(3)6-12(13)16/h4-6,9,11H,7-8H2,1-3H3,(H2,17,18,21). The molecule has 1 heterocycles. The number of nitrogens with zero attached hydrogens (tertiary/aromatic N) is 1. The molecule has 1 saturated heterocycles. The molecular formula is C15H20BrN3O2. The fourth-order valence-corrected chi connectivity index (χ4v) is 2.98. The van der Waals surface area contributed by atoms with Gasteiger partial charge in [0.05, 0.1) is 11.7 Å². The Hall–Kier alpha value is -1.56. The van der Waals surface area contributed by atoms with Crippen LogP contribution in [0.1, 0.15) is 25.8 Å². The number of halogens is 1. The second-order valence-electron chi connectivity index (χ2n) is 5.62. The van der Waals surface area contributed by atoms with Gasteiger partial charge in [-0.2, -0.15) is 0 Å². The number of carbonyl (C=O) groups excluding carboxylic acids is 2. The third-order valence-corrected chi connectivity index (χ3v) is 4.15. The molecule has 2 N–H and O–H groups in total. The molecule has 0 aromatic heterocycles. The summed E-state index contributed by atoms with van der Waals surface area (Å²) in [5.74, 6) is 0.0896. The number of hydrogen-bond acceptors (Lipinski definition) is 2. The molecular weight excluding hydrogens is 334 g/mol. The number of aryl methyl sites for hydroxylation is 1. The van der Waals surface area contributed by atoms with Gasteiger partial charge in [-0.1, -0.05) is 6.07 Å². The van der Waals surface area contributed by atoms with Crippen molar-refractivity contribution in [1.29, 1.82) is 0 Å². The van der Waals surface area contributed by atoms with Crippen LogP contribution in [-0.4, -0.2) is 35.5 Å². The molecule has 2 rings (SSSR count). The highest BCUT2D eigenvalue weighted by atomic mass is 79.9. The summed E-state index contributed by atoms with van der Waals surface area (Å²) in [5.41, 5.74) is 1.82. The van der Waals surface area contributed by atoms with E-state index in [0.717, 1.165) is 10.0 Å². The van der Waals surface area contributed by atoms with E-state index < -0.39 is 0 Å². The summed E-state index contributed by atoms with van der Waals surface area (Å²) in [5, 5.41) is 5.65. The maximum absolute atomic E-state index is 12.0. The van der Waals surface area contributed by atoms with Crippen molar-refractivity contribution in [2.75, 3.05) is 11.9 Å². The maximum atomic E-state index is 12.0. The van der Waals surface area contributed by atoms with Crippen LogP contribution >= 0.6 is 15.9 Å². The zero-order valence-corrected chi connectivity index (χ0v) is 14.0. The highest BCUT2D eigenvalue weighted by molar-refractivity contribution is 9.10. The van der Waals surface area contributed by atoms with Gasteiger partial charge in [0.25, 0.3) is 0 Å². The molecule has 21 heavy (non-hydrogen) atoms. The first-order valence-electron chi connectivity index (χ1n) is 7.00. The summed E-state index contributed by atoms with van der Waals surface area (Å²) in [6, 6.07) is 5.46. The van der Waals surface area contributed by atoms with Gasteiger partial charge in [0.2, 0.25) is 5.91 Å². The molecule has 1 unspecified atom stereocenters. The summed E-state index contributed by atoms with van der Waals surface area (Å²) in [6.45, 7) is 6.51. The molecule has 0 aliphatic carbocycles. The maximum Gasteiger partial charge on any atom is 0.319 e. The third-order valence-electron chi connectivity index (χ3n) is 3.49. The van der Waals surface area contributed by atoms with Crippen molar-refractivity contribution < 1.29 is 9.59 Å². The molecule has 0 bridgehead atoms. The Morgan fingerprint density at radius 1 is 1.43 bits per heavy atom. The molecule has 1 aromatic rings. The van der Waals surface area contributed by atoms with E-state index in [4.69, 9.17) is 0 Å². The summed E-state index contributed by atoms with van der Waals surface area (Å²) in [4.78, 5) is 25.6. The van der Waals surface area contributed by atoms with Crippen molar-refractivity contribution in [2.24, 2.45) is 0 Å². The predicted octanol–water partition coefficient (Wildman–Crippen LogP) is 2.89. The topological polar surface area (TPSA) is 61.4 Å². The van der Waals surface area contributed by atoms with Gasteiger partial charge in [-0.25, -0.2) is 4.79 Å². The van der Waals surface area contributed by atoms with Crippen LogP contribution in [0.4, 0.5) is 10.5 Å². The Morgan fingerprint density at radius 2 is 2.14 bits per heavy atom. The number of rotatable bonds is 3. The minimum absolute atomic E-state index is 0.0896. The van der Waals surface area contributed by atoms with Gasteiger partial charge in [0.15, 0.2) is 0 Å². The Balaban J connectivity index is 1.92. The van der Waals surface area contributed by atoms with E-state index in [1.54, 1.807) is 4.90 Å². The SMILES string of the molecule is Cc1ccc(NC(=O)NC2CC(=O)N(C(C)C)C2)c(Br)c1. The molecule has 1 fully saturated rings. The summed E-state index contributed by atoms with van der Waals surface area (Å²) >= 11 is 3.42. The number of carbonyl (C=O) groups is 2. The first-order valence-corrected chi connectivity index (χ1v) is 7.79. The first kappa shape index (κ1) is 15.8.